The molecule has 4 heteroatoms. The highest BCUT2D eigenvalue weighted by Crippen LogP contribution is 1.90. The van der Waals surface area contributed by atoms with Gasteiger partial charge < -0.3 is 16.0 Å². The molecule has 0 atom stereocenters. The zero-order valence-corrected chi connectivity index (χ0v) is 8.25. The van der Waals surface area contributed by atoms with Gasteiger partial charge in [-0.15, -0.1) is 6.58 Å². The lowest BCUT2D eigenvalue weighted by Gasteiger charge is -2.26. The molecule has 0 bridgehead atoms. The van der Waals surface area contributed by atoms with Crippen molar-refractivity contribution >= 4 is 5.91 Å². The van der Waals surface area contributed by atoms with Crippen LogP contribution >= 0.6 is 0 Å². The number of rotatable bonds is 1. The average Bonchev–Trinajstić information content (AvgIpc) is 2.19. The van der Waals surface area contributed by atoms with Gasteiger partial charge in [0.2, 0.25) is 5.91 Å². The predicted molar refractivity (Wildman–Crippen MR) is 54.4 cm³/mol. The Balaban J connectivity index is 0.000000424. The van der Waals surface area contributed by atoms with Gasteiger partial charge in [0.15, 0.2) is 0 Å². The summed E-state index contributed by atoms with van der Waals surface area (Å²) < 4.78 is 0. The predicted octanol–water partition coefficient (Wildman–Crippen LogP) is -0.431. The van der Waals surface area contributed by atoms with Gasteiger partial charge in [-0.05, 0) is 6.92 Å². The molecule has 0 aromatic rings. The average molecular weight is 185 g/mol. The topological polar surface area (TPSA) is 58.4 Å². The number of piperazine rings is 1. The van der Waals surface area contributed by atoms with Crippen LogP contribution in [0.15, 0.2) is 12.7 Å². The zero-order valence-electron chi connectivity index (χ0n) is 8.25. The van der Waals surface area contributed by atoms with E-state index in [-0.39, 0.29) is 12.5 Å². The second-order valence-corrected chi connectivity index (χ2v) is 2.74. The van der Waals surface area contributed by atoms with Crippen LogP contribution in [0.4, 0.5) is 0 Å². The number of nitrogens with one attached hydrogen (secondary N) is 1. The number of nitrogens with zero attached hydrogens (tertiary/aromatic N) is 1. The third kappa shape index (κ3) is 5.38. The van der Waals surface area contributed by atoms with Crippen molar-refractivity contribution in [3.63, 3.8) is 0 Å². The highest BCUT2D eigenvalue weighted by Gasteiger charge is 2.13. The molecule has 1 saturated heterocycles. The van der Waals surface area contributed by atoms with Crippen LogP contribution < -0.4 is 11.1 Å². The van der Waals surface area contributed by atoms with E-state index in [4.69, 9.17) is 5.73 Å². The summed E-state index contributed by atoms with van der Waals surface area (Å²) in [5.74, 6) is 0.0569. The lowest BCUT2D eigenvalue weighted by molar-refractivity contribution is -0.130. The molecule has 1 heterocycles. The van der Waals surface area contributed by atoms with Gasteiger partial charge in [0.1, 0.15) is 0 Å². The second kappa shape index (κ2) is 7.76. The van der Waals surface area contributed by atoms with E-state index in [9.17, 15) is 4.79 Å². The van der Waals surface area contributed by atoms with E-state index < -0.39 is 0 Å². The molecule has 1 amide bonds. The largest absolute Gasteiger partial charge is 0.339 e. The molecular formula is C9H19N3O. The van der Waals surface area contributed by atoms with Crippen LogP contribution in [-0.2, 0) is 4.79 Å². The van der Waals surface area contributed by atoms with Gasteiger partial charge in [0, 0.05) is 26.2 Å². The lowest BCUT2D eigenvalue weighted by Crippen LogP contribution is -2.48. The van der Waals surface area contributed by atoms with Crippen molar-refractivity contribution in [2.45, 2.75) is 6.92 Å². The minimum Gasteiger partial charge on any atom is -0.339 e. The fourth-order valence-electron chi connectivity index (χ4n) is 1.04. The number of hydrogen-bond donors (Lipinski definition) is 2. The highest BCUT2D eigenvalue weighted by molar-refractivity contribution is 5.78. The quantitative estimate of drug-likeness (QED) is 0.545. The third-order valence-corrected chi connectivity index (χ3v) is 1.64. The maximum atomic E-state index is 10.9. The molecule has 3 N–H and O–H groups in total. The lowest BCUT2D eigenvalue weighted by atomic mass is 10.3. The summed E-state index contributed by atoms with van der Waals surface area (Å²) in [4.78, 5) is 12.7. The number of allylic oxidation sites excluding steroid dienone is 1. The molecule has 76 valence electrons. The highest BCUT2D eigenvalue weighted by atomic mass is 16.2. The van der Waals surface area contributed by atoms with Gasteiger partial charge in [-0.2, -0.15) is 0 Å². The van der Waals surface area contributed by atoms with Crippen LogP contribution in [0, 0.1) is 0 Å². The Morgan fingerprint density at radius 2 is 2.08 bits per heavy atom. The monoisotopic (exact) mass is 185 g/mol. The fraction of sp³-hybridized carbons (Fsp3) is 0.667. The van der Waals surface area contributed by atoms with Gasteiger partial charge in [0.05, 0.1) is 6.54 Å². The molecular weight excluding hydrogens is 166 g/mol. The SMILES string of the molecule is C=CC.NCC(=O)N1CCNCC1. The van der Waals surface area contributed by atoms with Crippen molar-refractivity contribution in [1.82, 2.24) is 10.2 Å². The van der Waals surface area contributed by atoms with Crippen LogP contribution in [0.25, 0.3) is 0 Å². The zero-order chi connectivity index (χ0) is 10.1. The third-order valence-electron chi connectivity index (χ3n) is 1.64. The summed E-state index contributed by atoms with van der Waals surface area (Å²) in [6.07, 6.45) is 1.75. The molecule has 1 aliphatic rings. The van der Waals surface area contributed by atoms with E-state index in [1.807, 2.05) is 6.92 Å². The normalized spacial score (nSPS) is 15.7. The number of nitrogens with two attached hydrogens (primary N) is 1. The van der Waals surface area contributed by atoms with Crippen LogP contribution in [0.1, 0.15) is 6.92 Å². The summed E-state index contributed by atoms with van der Waals surface area (Å²) in [6.45, 7) is 8.78. The van der Waals surface area contributed by atoms with E-state index >= 15 is 0 Å². The van der Waals surface area contributed by atoms with E-state index in [2.05, 4.69) is 11.9 Å². The van der Waals surface area contributed by atoms with Crippen molar-refractivity contribution in [3.05, 3.63) is 12.7 Å². The standard InChI is InChI=1S/C6H13N3O.C3H6/c7-5-6(10)9-3-1-8-2-4-9;1-3-2/h8H,1-5,7H2;3H,1H2,2H3. The van der Waals surface area contributed by atoms with Crippen LogP contribution in [-0.4, -0.2) is 43.5 Å². The van der Waals surface area contributed by atoms with E-state index in [0.717, 1.165) is 26.2 Å². The Labute approximate surface area is 79.8 Å². The van der Waals surface area contributed by atoms with Gasteiger partial charge in [0.25, 0.3) is 0 Å². The first-order chi connectivity index (χ1) is 6.26. The smallest absolute Gasteiger partial charge is 0.236 e. The van der Waals surface area contributed by atoms with Crippen molar-refractivity contribution in [2.24, 2.45) is 5.73 Å². The van der Waals surface area contributed by atoms with Crippen LogP contribution in [0.2, 0.25) is 0 Å². The molecule has 4 nitrogen and oxygen atoms in total. The van der Waals surface area contributed by atoms with Crippen molar-refractivity contribution in [1.29, 1.82) is 0 Å². The summed E-state index contributed by atoms with van der Waals surface area (Å²) in [7, 11) is 0. The van der Waals surface area contributed by atoms with E-state index in [1.54, 1.807) is 11.0 Å². The molecule has 1 aliphatic heterocycles. The van der Waals surface area contributed by atoms with E-state index in [0.29, 0.717) is 0 Å². The Hall–Kier alpha value is -0.870. The molecule has 1 fully saturated rings. The van der Waals surface area contributed by atoms with Crippen molar-refractivity contribution < 1.29 is 4.79 Å². The molecule has 13 heavy (non-hydrogen) atoms. The molecule has 0 aliphatic carbocycles. The first kappa shape index (κ1) is 12.1. The molecule has 0 unspecified atom stereocenters. The summed E-state index contributed by atoms with van der Waals surface area (Å²) >= 11 is 0. The fourth-order valence-corrected chi connectivity index (χ4v) is 1.04. The Kier molecular flexibility index (Phi) is 7.24. The summed E-state index contributed by atoms with van der Waals surface area (Å²) in [5.41, 5.74) is 5.19. The van der Waals surface area contributed by atoms with Crippen LogP contribution in [0.3, 0.4) is 0 Å². The summed E-state index contributed by atoms with van der Waals surface area (Å²) in [5, 5.41) is 3.16. The minimum absolute atomic E-state index is 0.0569. The van der Waals surface area contributed by atoms with Crippen LogP contribution in [0.5, 0.6) is 0 Å². The molecule has 0 saturated carbocycles. The van der Waals surface area contributed by atoms with Gasteiger partial charge in [-0.25, -0.2) is 0 Å². The maximum Gasteiger partial charge on any atom is 0.236 e. The Morgan fingerprint density at radius 1 is 1.62 bits per heavy atom. The first-order valence-electron chi connectivity index (χ1n) is 4.51. The van der Waals surface area contributed by atoms with Crippen molar-refractivity contribution in [3.8, 4) is 0 Å². The molecule has 1 rings (SSSR count). The number of carbonyl (C=O) groups is 1. The Morgan fingerprint density at radius 3 is 2.46 bits per heavy atom. The Bertz CT molecular complexity index is 153. The first-order valence-corrected chi connectivity index (χ1v) is 4.51. The number of carbonyl (C=O) groups excluding carboxylic acids is 1. The molecule has 0 aromatic carbocycles. The van der Waals surface area contributed by atoms with Crippen molar-refractivity contribution in [2.75, 3.05) is 32.7 Å². The number of hydrogen-bond acceptors (Lipinski definition) is 3. The molecule has 0 aromatic heterocycles. The van der Waals surface area contributed by atoms with Gasteiger partial charge in [-0.1, -0.05) is 6.08 Å². The van der Waals surface area contributed by atoms with E-state index in [1.165, 1.54) is 0 Å². The second-order valence-electron chi connectivity index (χ2n) is 2.74. The van der Waals surface area contributed by atoms with Gasteiger partial charge in [-0.3, -0.25) is 4.79 Å². The molecule has 0 spiro atoms. The van der Waals surface area contributed by atoms with Gasteiger partial charge >= 0.3 is 0 Å². The maximum absolute atomic E-state index is 10.9. The number of amides is 1. The molecule has 0 radical (unpaired) electrons. The minimum atomic E-state index is 0.0569. The summed E-state index contributed by atoms with van der Waals surface area (Å²) in [6, 6.07) is 0.